The summed E-state index contributed by atoms with van der Waals surface area (Å²) >= 11 is 3.54. The first-order chi connectivity index (χ1) is 5.45. The largest absolute Gasteiger partial charge is 0.380 e. The van der Waals surface area contributed by atoms with E-state index in [-0.39, 0.29) is 4.32 Å². The Morgan fingerprint density at radius 3 is 2.42 bits per heavy atom. The molecular formula is C10H21BrO. The van der Waals surface area contributed by atoms with Gasteiger partial charge in [-0.15, -0.1) is 0 Å². The van der Waals surface area contributed by atoms with E-state index >= 15 is 0 Å². The van der Waals surface area contributed by atoms with Crippen LogP contribution in [0.1, 0.15) is 40.5 Å². The lowest BCUT2D eigenvalue weighted by Gasteiger charge is -2.18. The summed E-state index contributed by atoms with van der Waals surface area (Å²) in [6.07, 6.45) is 2.52. The number of ether oxygens (including phenoxy) is 1. The molecule has 0 bridgehead atoms. The quantitative estimate of drug-likeness (QED) is 0.641. The van der Waals surface area contributed by atoms with Crippen molar-refractivity contribution in [2.45, 2.75) is 44.9 Å². The molecule has 0 aliphatic rings. The van der Waals surface area contributed by atoms with Crippen LogP contribution in [0.25, 0.3) is 0 Å². The van der Waals surface area contributed by atoms with Gasteiger partial charge < -0.3 is 4.74 Å². The highest BCUT2D eigenvalue weighted by molar-refractivity contribution is 9.10. The van der Waals surface area contributed by atoms with Crippen molar-refractivity contribution >= 4 is 15.9 Å². The molecule has 74 valence electrons. The van der Waals surface area contributed by atoms with Crippen LogP contribution in [0.3, 0.4) is 0 Å². The number of hydrogen-bond donors (Lipinski definition) is 0. The highest BCUT2D eigenvalue weighted by Gasteiger charge is 2.12. The molecule has 1 nitrogen and oxygen atoms in total. The molecule has 0 aliphatic carbocycles. The van der Waals surface area contributed by atoms with Gasteiger partial charge in [-0.25, -0.2) is 0 Å². The second-order valence-electron chi connectivity index (χ2n) is 4.13. The lowest BCUT2D eigenvalue weighted by Crippen LogP contribution is -2.20. The second-order valence-corrected chi connectivity index (χ2v) is 6.27. The van der Waals surface area contributed by atoms with Gasteiger partial charge in [0.25, 0.3) is 0 Å². The molecule has 0 amide bonds. The minimum Gasteiger partial charge on any atom is -0.380 e. The van der Waals surface area contributed by atoms with Gasteiger partial charge in [0.1, 0.15) is 0 Å². The van der Waals surface area contributed by atoms with E-state index < -0.39 is 0 Å². The van der Waals surface area contributed by atoms with Gasteiger partial charge in [0, 0.05) is 10.9 Å². The molecule has 12 heavy (non-hydrogen) atoms. The molecule has 1 atom stereocenters. The van der Waals surface area contributed by atoms with Crippen molar-refractivity contribution in [3.05, 3.63) is 0 Å². The molecule has 1 unspecified atom stereocenters. The first-order valence-electron chi connectivity index (χ1n) is 4.72. The SMILES string of the molecule is CCCC(C)COCC(C)(C)Br. The molecule has 0 radical (unpaired) electrons. The summed E-state index contributed by atoms with van der Waals surface area (Å²) in [5.74, 6) is 0.699. The number of halogens is 1. The molecule has 0 aliphatic heterocycles. The van der Waals surface area contributed by atoms with Gasteiger partial charge in [-0.1, -0.05) is 36.2 Å². The third kappa shape index (κ3) is 8.54. The predicted molar refractivity (Wildman–Crippen MR) is 57.9 cm³/mol. The Labute approximate surface area is 85.0 Å². The molecular weight excluding hydrogens is 216 g/mol. The number of alkyl halides is 1. The Morgan fingerprint density at radius 2 is 2.00 bits per heavy atom. The summed E-state index contributed by atoms with van der Waals surface area (Å²) in [6, 6.07) is 0. The van der Waals surface area contributed by atoms with Gasteiger partial charge in [-0.2, -0.15) is 0 Å². The van der Waals surface area contributed by atoms with Crippen LogP contribution in [0.15, 0.2) is 0 Å². The normalized spacial score (nSPS) is 14.8. The molecule has 0 aromatic heterocycles. The third-order valence-electron chi connectivity index (χ3n) is 1.63. The van der Waals surface area contributed by atoms with E-state index in [1.807, 2.05) is 0 Å². The van der Waals surface area contributed by atoms with Crippen molar-refractivity contribution in [3.63, 3.8) is 0 Å². The molecule has 0 saturated heterocycles. The van der Waals surface area contributed by atoms with Crippen LogP contribution < -0.4 is 0 Å². The average molecular weight is 237 g/mol. The van der Waals surface area contributed by atoms with E-state index in [4.69, 9.17) is 4.74 Å². The van der Waals surface area contributed by atoms with E-state index in [0.29, 0.717) is 5.92 Å². The van der Waals surface area contributed by atoms with Crippen LogP contribution in [-0.4, -0.2) is 17.5 Å². The smallest absolute Gasteiger partial charge is 0.0614 e. The summed E-state index contributed by atoms with van der Waals surface area (Å²) in [5, 5.41) is 0. The van der Waals surface area contributed by atoms with E-state index in [2.05, 4.69) is 43.6 Å². The standard InChI is InChI=1S/C10H21BrO/c1-5-6-9(2)7-12-8-10(3,4)11/h9H,5-8H2,1-4H3. The zero-order valence-corrected chi connectivity index (χ0v) is 10.3. The lowest BCUT2D eigenvalue weighted by molar-refractivity contribution is 0.0910. The van der Waals surface area contributed by atoms with Crippen LogP contribution >= 0.6 is 15.9 Å². The summed E-state index contributed by atoms with van der Waals surface area (Å²) in [6.45, 7) is 10.4. The fourth-order valence-electron chi connectivity index (χ4n) is 1.08. The average Bonchev–Trinajstić information content (AvgIpc) is 1.84. The topological polar surface area (TPSA) is 9.23 Å². The van der Waals surface area contributed by atoms with E-state index in [1.165, 1.54) is 12.8 Å². The van der Waals surface area contributed by atoms with Gasteiger partial charge >= 0.3 is 0 Å². The van der Waals surface area contributed by atoms with Crippen molar-refractivity contribution in [2.24, 2.45) is 5.92 Å². The molecule has 0 spiro atoms. The van der Waals surface area contributed by atoms with Crippen LogP contribution in [0.5, 0.6) is 0 Å². The molecule has 0 rings (SSSR count). The first-order valence-corrected chi connectivity index (χ1v) is 5.51. The zero-order chi connectivity index (χ0) is 9.61. The van der Waals surface area contributed by atoms with Gasteiger partial charge in [0.2, 0.25) is 0 Å². The predicted octanol–water partition coefficient (Wildman–Crippen LogP) is 3.61. The summed E-state index contributed by atoms with van der Waals surface area (Å²) < 4.78 is 5.69. The van der Waals surface area contributed by atoms with E-state index in [9.17, 15) is 0 Å². The van der Waals surface area contributed by atoms with Crippen LogP contribution in [-0.2, 0) is 4.74 Å². The number of rotatable bonds is 6. The summed E-state index contributed by atoms with van der Waals surface area (Å²) in [5.41, 5.74) is 0. The Balaban J connectivity index is 3.31. The molecule has 2 heteroatoms. The van der Waals surface area contributed by atoms with Gasteiger partial charge in [0.15, 0.2) is 0 Å². The van der Waals surface area contributed by atoms with Crippen LogP contribution in [0.2, 0.25) is 0 Å². The Bertz CT molecular complexity index is 107. The minimum absolute atomic E-state index is 0.124. The van der Waals surface area contributed by atoms with Crippen molar-refractivity contribution in [3.8, 4) is 0 Å². The maximum absolute atomic E-state index is 5.57. The summed E-state index contributed by atoms with van der Waals surface area (Å²) in [4.78, 5) is 0. The molecule has 0 saturated carbocycles. The monoisotopic (exact) mass is 236 g/mol. The molecule has 0 heterocycles. The third-order valence-corrected chi connectivity index (χ3v) is 1.86. The fraction of sp³-hybridized carbons (Fsp3) is 1.00. The summed E-state index contributed by atoms with van der Waals surface area (Å²) in [7, 11) is 0. The maximum Gasteiger partial charge on any atom is 0.0614 e. The van der Waals surface area contributed by atoms with Crippen molar-refractivity contribution < 1.29 is 4.74 Å². The van der Waals surface area contributed by atoms with Crippen LogP contribution in [0, 0.1) is 5.92 Å². The van der Waals surface area contributed by atoms with Crippen molar-refractivity contribution in [1.82, 2.24) is 0 Å². The van der Waals surface area contributed by atoms with Gasteiger partial charge in [-0.05, 0) is 26.2 Å². The zero-order valence-electron chi connectivity index (χ0n) is 8.69. The molecule has 0 aromatic rings. The lowest BCUT2D eigenvalue weighted by atomic mass is 10.1. The molecule has 0 fully saturated rings. The first kappa shape index (κ1) is 12.4. The number of hydrogen-bond acceptors (Lipinski definition) is 1. The van der Waals surface area contributed by atoms with Gasteiger partial charge in [-0.3, -0.25) is 0 Å². The highest BCUT2D eigenvalue weighted by atomic mass is 79.9. The molecule has 0 N–H and O–H groups in total. The molecule has 0 aromatic carbocycles. The van der Waals surface area contributed by atoms with Crippen molar-refractivity contribution in [2.75, 3.05) is 13.2 Å². The fourth-order valence-corrected chi connectivity index (χ4v) is 1.24. The Kier molecular flexibility index (Phi) is 6.20. The minimum atomic E-state index is 0.124. The van der Waals surface area contributed by atoms with Crippen LogP contribution in [0.4, 0.5) is 0 Å². The Hall–Kier alpha value is 0.440. The van der Waals surface area contributed by atoms with Crippen molar-refractivity contribution in [1.29, 1.82) is 0 Å². The maximum atomic E-state index is 5.57. The van der Waals surface area contributed by atoms with E-state index in [1.54, 1.807) is 0 Å². The Morgan fingerprint density at radius 1 is 1.42 bits per heavy atom. The van der Waals surface area contributed by atoms with E-state index in [0.717, 1.165) is 13.2 Å². The van der Waals surface area contributed by atoms with Gasteiger partial charge in [0.05, 0.1) is 6.61 Å². The highest BCUT2D eigenvalue weighted by Crippen LogP contribution is 2.16. The second kappa shape index (κ2) is 5.98.